The van der Waals surface area contributed by atoms with Gasteiger partial charge in [-0.3, -0.25) is 0 Å². The molecule has 0 heterocycles. The minimum absolute atomic E-state index is 0.175. The lowest BCUT2D eigenvalue weighted by molar-refractivity contribution is 0.0617. The van der Waals surface area contributed by atoms with E-state index in [1.54, 1.807) is 7.11 Å². The highest BCUT2D eigenvalue weighted by Gasteiger charge is 2.28. The molecule has 0 amide bonds. The normalized spacial score (nSPS) is 14.4. The van der Waals surface area contributed by atoms with Crippen LogP contribution in [0.3, 0.4) is 0 Å². The summed E-state index contributed by atoms with van der Waals surface area (Å²) in [7, 11) is 1.70. The van der Waals surface area contributed by atoms with E-state index in [-0.39, 0.29) is 5.41 Å². The van der Waals surface area contributed by atoms with Gasteiger partial charge in [-0.05, 0) is 18.4 Å². The quantitative estimate of drug-likeness (QED) is 0.510. The van der Waals surface area contributed by atoms with E-state index in [2.05, 4.69) is 53.2 Å². The summed E-state index contributed by atoms with van der Waals surface area (Å²) in [6.45, 7) is 4.35. The fourth-order valence-electron chi connectivity index (χ4n) is 2.07. The lowest BCUT2D eigenvalue weighted by Crippen LogP contribution is -2.29. The van der Waals surface area contributed by atoms with Crippen molar-refractivity contribution in [1.82, 2.24) is 0 Å². The second kappa shape index (κ2) is 8.68. The van der Waals surface area contributed by atoms with Crippen LogP contribution in [-0.2, 0) is 14.9 Å². The molecule has 0 spiro atoms. The Balaban J connectivity index is 2.58. The molecule has 0 saturated carbocycles. The number of alkyl halides is 1. The Bertz CT molecular complexity index is 310. The Morgan fingerprint density at radius 1 is 1.11 bits per heavy atom. The lowest BCUT2D eigenvalue weighted by Gasteiger charge is -2.31. The molecule has 0 fully saturated rings. The van der Waals surface area contributed by atoms with Crippen molar-refractivity contribution in [3.05, 3.63) is 35.9 Å². The van der Waals surface area contributed by atoms with Gasteiger partial charge in [-0.25, -0.2) is 0 Å². The van der Waals surface area contributed by atoms with Gasteiger partial charge in [0.25, 0.3) is 0 Å². The van der Waals surface area contributed by atoms with Crippen LogP contribution in [0, 0.1) is 0 Å². The van der Waals surface area contributed by atoms with Crippen LogP contribution in [-0.4, -0.2) is 32.3 Å². The van der Waals surface area contributed by atoms with Gasteiger partial charge in [0.05, 0.1) is 13.2 Å². The van der Waals surface area contributed by atoms with E-state index in [0.717, 1.165) is 24.8 Å². The van der Waals surface area contributed by atoms with Gasteiger partial charge >= 0.3 is 0 Å². The highest BCUT2D eigenvalue weighted by Crippen LogP contribution is 2.33. The van der Waals surface area contributed by atoms with Crippen LogP contribution in [0.1, 0.15) is 25.3 Å². The second-order valence-electron chi connectivity index (χ2n) is 4.49. The van der Waals surface area contributed by atoms with E-state index in [0.29, 0.717) is 13.2 Å². The van der Waals surface area contributed by atoms with Crippen LogP contribution in [0.2, 0.25) is 0 Å². The molecule has 1 rings (SSSR count). The first kappa shape index (κ1) is 15.7. The third-order valence-corrected chi connectivity index (χ3v) is 4.55. The molecular weight excluding hydrogens is 292 g/mol. The summed E-state index contributed by atoms with van der Waals surface area (Å²) in [6.07, 6.45) is 2.14. The first-order chi connectivity index (χ1) is 8.79. The molecule has 3 heteroatoms. The minimum Gasteiger partial charge on any atom is -0.382 e. The summed E-state index contributed by atoms with van der Waals surface area (Å²) in [5.74, 6) is 0. The molecule has 0 aliphatic heterocycles. The fraction of sp³-hybridized carbons (Fsp3) is 0.600. The van der Waals surface area contributed by atoms with Crippen molar-refractivity contribution >= 4 is 15.9 Å². The molecule has 1 aromatic carbocycles. The van der Waals surface area contributed by atoms with E-state index >= 15 is 0 Å². The molecule has 102 valence electrons. The van der Waals surface area contributed by atoms with Crippen molar-refractivity contribution in [2.24, 2.45) is 0 Å². The van der Waals surface area contributed by atoms with Crippen LogP contribution in [0.5, 0.6) is 0 Å². The van der Waals surface area contributed by atoms with Crippen molar-refractivity contribution < 1.29 is 9.47 Å². The highest BCUT2D eigenvalue weighted by molar-refractivity contribution is 9.09. The smallest absolute Gasteiger partial charge is 0.0700 e. The Morgan fingerprint density at radius 2 is 1.83 bits per heavy atom. The monoisotopic (exact) mass is 314 g/mol. The van der Waals surface area contributed by atoms with Gasteiger partial charge in [-0.1, -0.05) is 53.2 Å². The summed E-state index contributed by atoms with van der Waals surface area (Å²) in [5.41, 5.74) is 1.56. The number of ether oxygens (including phenoxy) is 2. The van der Waals surface area contributed by atoms with Gasteiger partial charge in [0.15, 0.2) is 0 Å². The van der Waals surface area contributed by atoms with E-state index in [1.807, 2.05) is 0 Å². The number of benzene rings is 1. The SMILES string of the molecule is CCC(CBr)(CCOCCOC)c1ccccc1. The average molecular weight is 315 g/mol. The van der Waals surface area contributed by atoms with Crippen LogP contribution < -0.4 is 0 Å². The first-order valence-corrected chi connectivity index (χ1v) is 7.59. The Hall–Kier alpha value is -0.380. The van der Waals surface area contributed by atoms with Gasteiger partial charge in [0.2, 0.25) is 0 Å². The Labute approximate surface area is 119 Å². The van der Waals surface area contributed by atoms with Crippen molar-refractivity contribution in [3.63, 3.8) is 0 Å². The third-order valence-electron chi connectivity index (χ3n) is 3.48. The molecule has 1 unspecified atom stereocenters. The van der Waals surface area contributed by atoms with Crippen molar-refractivity contribution in [2.75, 3.05) is 32.3 Å². The number of hydrogen-bond donors (Lipinski definition) is 0. The maximum atomic E-state index is 5.61. The molecule has 0 aliphatic carbocycles. The molecule has 0 bridgehead atoms. The number of halogens is 1. The van der Waals surface area contributed by atoms with Gasteiger partial charge < -0.3 is 9.47 Å². The zero-order valence-electron chi connectivity index (χ0n) is 11.3. The van der Waals surface area contributed by atoms with Gasteiger partial charge in [0.1, 0.15) is 0 Å². The molecule has 2 nitrogen and oxygen atoms in total. The number of hydrogen-bond acceptors (Lipinski definition) is 2. The topological polar surface area (TPSA) is 18.5 Å². The largest absolute Gasteiger partial charge is 0.382 e. The minimum atomic E-state index is 0.175. The van der Waals surface area contributed by atoms with Crippen molar-refractivity contribution in [1.29, 1.82) is 0 Å². The summed E-state index contributed by atoms with van der Waals surface area (Å²) in [6, 6.07) is 10.7. The Morgan fingerprint density at radius 3 is 2.39 bits per heavy atom. The average Bonchev–Trinajstić information content (AvgIpc) is 2.44. The molecule has 0 N–H and O–H groups in total. The maximum Gasteiger partial charge on any atom is 0.0700 e. The second-order valence-corrected chi connectivity index (χ2v) is 5.05. The van der Waals surface area contributed by atoms with Gasteiger partial charge in [0, 0.05) is 24.5 Å². The molecule has 0 saturated heterocycles. The maximum absolute atomic E-state index is 5.61. The molecule has 0 aromatic heterocycles. The predicted octanol–water partition coefficient (Wildman–Crippen LogP) is 3.78. The van der Waals surface area contributed by atoms with Crippen LogP contribution in [0.4, 0.5) is 0 Å². The summed E-state index contributed by atoms with van der Waals surface area (Å²) in [5, 5.41) is 0.966. The van der Waals surface area contributed by atoms with Crippen LogP contribution >= 0.6 is 15.9 Å². The van der Waals surface area contributed by atoms with E-state index in [1.165, 1.54) is 5.56 Å². The zero-order valence-corrected chi connectivity index (χ0v) is 12.9. The lowest BCUT2D eigenvalue weighted by atomic mass is 9.77. The number of methoxy groups -OCH3 is 1. The molecule has 0 radical (unpaired) electrons. The molecule has 0 aliphatic rings. The highest BCUT2D eigenvalue weighted by atomic mass is 79.9. The van der Waals surface area contributed by atoms with Crippen LogP contribution in [0.15, 0.2) is 30.3 Å². The molecule has 1 atom stereocenters. The third kappa shape index (κ3) is 4.38. The fourth-order valence-corrected chi connectivity index (χ4v) is 3.07. The number of rotatable bonds is 9. The zero-order chi connectivity index (χ0) is 13.3. The predicted molar refractivity (Wildman–Crippen MR) is 79.5 cm³/mol. The summed E-state index contributed by atoms with van der Waals surface area (Å²) in [4.78, 5) is 0. The van der Waals surface area contributed by atoms with E-state index in [4.69, 9.17) is 9.47 Å². The molecule has 1 aromatic rings. The van der Waals surface area contributed by atoms with E-state index < -0.39 is 0 Å². The molecular formula is C15H23BrO2. The summed E-state index contributed by atoms with van der Waals surface area (Å²) >= 11 is 3.67. The van der Waals surface area contributed by atoms with Gasteiger partial charge in [-0.2, -0.15) is 0 Å². The van der Waals surface area contributed by atoms with Crippen molar-refractivity contribution in [3.8, 4) is 0 Å². The summed E-state index contributed by atoms with van der Waals surface area (Å²) < 4.78 is 10.6. The first-order valence-electron chi connectivity index (χ1n) is 6.47. The van der Waals surface area contributed by atoms with Gasteiger partial charge in [-0.15, -0.1) is 0 Å². The molecule has 18 heavy (non-hydrogen) atoms. The standard InChI is InChI=1S/C15H23BrO2/c1-3-15(13-16,9-10-18-12-11-17-2)14-7-5-4-6-8-14/h4-8H,3,9-13H2,1-2H3. The Kier molecular flexibility index (Phi) is 7.56. The van der Waals surface area contributed by atoms with Crippen molar-refractivity contribution in [2.45, 2.75) is 25.2 Å². The van der Waals surface area contributed by atoms with Crippen LogP contribution in [0.25, 0.3) is 0 Å². The van der Waals surface area contributed by atoms with E-state index in [9.17, 15) is 0 Å².